The second kappa shape index (κ2) is 7.64. The molecule has 1 N–H and O–H groups in total. The lowest BCUT2D eigenvalue weighted by molar-refractivity contribution is 0.102. The van der Waals surface area contributed by atoms with Gasteiger partial charge in [-0.1, -0.05) is 37.6 Å². The van der Waals surface area contributed by atoms with E-state index in [-0.39, 0.29) is 5.91 Å². The fourth-order valence-corrected chi connectivity index (χ4v) is 4.32. The topological polar surface area (TPSA) is 45.2 Å². The molecule has 128 valence electrons. The molecule has 4 nitrogen and oxygen atoms in total. The van der Waals surface area contributed by atoms with Crippen LogP contribution in [0.3, 0.4) is 0 Å². The minimum atomic E-state index is -0.221. The summed E-state index contributed by atoms with van der Waals surface area (Å²) in [6.45, 7) is 7.68. The second-order valence-corrected chi connectivity index (χ2v) is 7.98. The smallest absolute Gasteiger partial charge is 0.258 e. The second-order valence-electron chi connectivity index (χ2n) is 6.72. The highest BCUT2D eigenvalue weighted by Crippen LogP contribution is 2.24. The predicted molar refractivity (Wildman–Crippen MR) is 99.7 cm³/mol. The van der Waals surface area contributed by atoms with E-state index in [0.29, 0.717) is 15.7 Å². The molecule has 2 atom stereocenters. The number of hydrogen-bond acceptors (Lipinski definition) is 4. The van der Waals surface area contributed by atoms with Crippen LogP contribution in [0.1, 0.15) is 36.3 Å². The maximum absolute atomic E-state index is 12.3. The molecule has 1 saturated heterocycles. The van der Waals surface area contributed by atoms with E-state index in [9.17, 15) is 4.79 Å². The molecule has 0 radical (unpaired) electrons. The lowest BCUT2D eigenvalue weighted by Gasteiger charge is -2.34. The number of likely N-dealkylation sites (tertiary alicyclic amines) is 1. The first-order valence-electron chi connectivity index (χ1n) is 8.24. The van der Waals surface area contributed by atoms with Gasteiger partial charge in [0.25, 0.3) is 5.91 Å². The van der Waals surface area contributed by atoms with Crippen LogP contribution in [0.15, 0.2) is 29.6 Å². The van der Waals surface area contributed by atoms with Crippen molar-refractivity contribution in [2.24, 2.45) is 11.8 Å². The van der Waals surface area contributed by atoms with Crippen LogP contribution in [-0.2, 0) is 6.54 Å². The van der Waals surface area contributed by atoms with Gasteiger partial charge in [-0.25, -0.2) is 4.98 Å². The van der Waals surface area contributed by atoms with Gasteiger partial charge in [0.1, 0.15) is 0 Å². The summed E-state index contributed by atoms with van der Waals surface area (Å²) in [7, 11) is 0. The Hall–Kier alpha value is -1.43. The molecule has 0 spiro atoms. The number of rotatable bonds is 4. The zero-order valence-corrected chi connectivity index (χ0v) is 15.5. The maximum Gasteiger partial charge on any atom is 0.258 e. The first kappa shape index (κ1) is 17.4. The van der Waals surface area contributed by atoms with Gasteiger partial charge in [-0.05, 0) is 30.4 Å². The zero-order valence-electron chi connectivity index (χ0n) is 14.0. The summed E-state index contributed by atoms with van der Waals surface area (Å²) in [6, 6.07) is 7.03. The number of halogens is 1. The normalized spacial score (nSPS) is 21.6. The first-order valence-corrected chi connectivity index (χ1v) is 9.49. The molecular weight excluding hydrogens is 342 g/mol. The molecule has 2 unspecified atom stereocenters. The molecule has 3 rings (SSSR count). The summed E-state index contributed by atoms with van der Waals surface area (Å²) >= 11 is 7.52. The summed E-state index contributed by atoms with van der Waals surface area (Å²) in [5, 5.41) is 5.93. The number of carbonyl (C=O) groups excluding carboxylic acids is 1. The Kier molecular flexibility index (Phi) is 5.54. The molecule has 1 aromatic heterocycles. The van der Waals surface area contributed by atoms with Crippen molar-refractivity contribution in [3.05, 3.63) is 45.9 Å². The van der Waals surface area contributed by atoms with Crippen molar-refractivity contribution in [2.75, 3.05) is 18.4 Å². The van der Waals surface area contributed by atoms with E-state index in [0.717, 1.165) is 37.2 Å². The average molecular weight is 364 g/mol. The van der Waals surface area contributed by atoms with Crippen molar-refractivity contribution < 1.29 is 4.79 Å². The van der Waals surface area contributed by atoms with E-state index in [2.05, 4.69) is 29.0 Å². The summed E-state index contributed by atoms with van der Waals surface area (Å²) < 4.78 is 0. The van der Waals surface area contributed by atoms with Crippen LogP contribution >= 0.6 is 22.9 Å². The van der Waals surface area contributed by atoms with Crippen LogP contribution < -0.4 is 5.32 Å². The van der Waals surface area contributed by atoms with E-state index in [4.69, 9.17) is 11.6 Å². The maximum atomic E-state index is 12.3. The average Bonchev–Trinajstić information content (AvgIpc) is 2.93. The van der Waals surface area contributed by atoms with E-state index in [1.54, 1.807) is 24.3 Å². The Morgan fingerprint density at radius 3 is 2.75 bits per heavy atom. The Balaban J connectivity index is 1.61. The number of thiazole rings is 1. The Bertz CT molecular complexity index is 708. The van der Waals surface area contributed by atoms with Gasteiger partial charge in [-0.15, -0.1) is 11.3 Å². The Labute approximate surface area is 151 Å². The van der Waals surface area contributed by atoms with Gasteiger partial charge in [0, 0.05) is 25.0 Å². The summed E-state index contributed by atoms with van der Waals surface area (Å²) in [4.78, 5) is 19.3. The molecule has 0 aliphatic carbocycles. The number of amides is 1. The van der Waals surface area contributed by atoms with Crippen LogP contribution in [0.25, 0.3) is 0 Å². The van der Waals surface area contributed by atoms with E-state index in [1.165, 1.54) is 17.8 Å². The van der Waals surface area contributed by atoms with Crippen LogP contribution in [0, 0.1) is 11.8 Å². The van der Waals surface area contributed by atoms with E-state index < -0.39 is 0 Å². The molecule has 0 bridgehead atoms. The van der Waals surface area contributed by atoms with Crippen molar-refractivity contribution in [3.63, 3.8) is 0 Å². The quantitative estimate of drug-likeness (QED) is 0.868. The Morgan fingerprint density at radius 1 is 1.33 bits per heavy atom. The van der Waals surface area contributed by atoms with Gasteiger partial charge >= 0.3 is 0 Å². The number of aromatic nitrogens is 1. The monoisotopic (exact) mass is 363 g/mol. The highest BCUT2D eigenvalue weighted by atomic mass is 35.5. The zero-order chi connectivity index (χ0) is 17.1. The number of piperidine rings is 1. The highest BCUT2D eigenvalue weighted by molar-refractivity contribution is 7.14. The van der Waals surface area contributed by atoms with Crippen molar-refractivity contribution >= 4 is 34.0 Å². The molecule has 1 aromatic carbocycles. The fourth-order valence-electron chi connectivity index (χ4n) is 3.40. The van der Waals surface area contributed by atoms with Gasteiger partial charge in [0.05, 0.1) is 16.3 Å². The molecule has 1 aliphatic rings. The SMILES string of the molecule is CC1CC(C)CN(Cc2csc(NC(=O)c3ccccc3Cl)n2)C1. The Morgan fingerprint density at radius 2 is 2.04 bits per heavy atom. The number of anilines is 1. The molecule has 0 saturated carbocycles. The number of benzene rings is 1. The van der Waals surface area contributed by atoms with Crippen LogP contribution in [0.2, 0.25) is 5.02 Å². The van der Waals surface area contributed by atoms with Crippen LogP contribution in [0.4, 0.5) is 5.13 Å². The van der Waals surface area contributed by atoms with Crippen LogP contribution in [-0.4, -0.2) is 28.9 Å². The van der Waals surface area contributed by atoms with Crippen LogP contribution in [0.5, 0.6) is 0 Å². The van der Waals surface area contributed by atoms with E-state index >= 15 is 0 Å². The lowest BCUT2D eigenvalue weighted by atomic mass is 9.92. The number of hydrogen-bond donors (Lipinski definition) is 1. The van der Waals surface area contributed by atoms with Crippen molar-refractivity contribution in [1.82, 2.24) is 9.88 Å². The van der Waals surface area contributed by atoms with Crippen molar-refractivity contribution in [3.8, 4) is 0 Å². The molecule has 6 heteroatoms. The van der Waals surface area contributed by atoms with Gasteiger partial charge < -0.3 is 0 Å². The molecule has 1 amide bonds. The first-order chi connectivity index (χ1) is 11.5. The molecule has 2 heterocycles. The minimum absolute atomic E-state index is 0.221. The fraction of sp³-hybridized carbons (Fsp3) is 0.444. The molecule has 1 fully saturated rings. The van der Waals surface area contributed by atoms with Gasteiger partial charge in [0.2, 0.25) is 0 Å². The summed E-state index contributed by atoms with van der Waals surface area (Å²) in [5.41, 5.74) is 1.48. The number of carbonyl (C=O) groups is 1. The standard InChI is InChI=1S/C18H22ClN3OS/c1-12-7-13(2)9-22(8-12)10-14-11-24-18(20-14)21-17(23)15-5-3-4-6-16(15)19/h3-6,11-13H,7-10H2,1-2H3,(H,20,21,23). The third kappa shape index (κ3) is 4.35. The highest BCUT2D eigenvalue weighted by Gasteiger charge is 2.22. The molecular formula is C18H22ClN3OS. The van der Waals surface area contributed by atoms with Gasteiger partial charge in [0.15, 0.2) is 5.13 Å². The van der Waals surface area contributed by atoms with E-state index in [1.807, 2.05) is 5.38 Å². The summed E-state index contributed by atoms with van der Waals surface area (Å²) in [6.07, 6.45) is 1.30. The van der Waals surface area contributed by atoms with Crippen molar-refractivity contribution in [1.29, 1.82) is 0 Å². The number of nitrogens with one attached hydrogen (secondary N) is 1. The minimum Gasteiger partial charge on any atom is -0.298 e. The lowest BCUT2D eigenvalue weighted by Crippen LogP contribution is -2.38. The third-order valence-electron chi connectivity index (χ3n) is 4.22. The largest absolute Gasteiger partial charge is 0.298 e. The van der Waals surface area contributed by atoms with Crippen molar-refractivity contribution in [2.45, 2.75) is 26.8 Å². The molecule has 24 heavy (non-hydrogen) atoms. The summed E-state index contributed by atoms with van der Waals surface area (Å²) in [5.74, 6) is 1.24. The predicted octanol–water partition coefficient (Wildman–Crippen LogP) is 4.53. The number of nitrogens with zero attached hydrogens (tertiary/aromatic N) is 2. The third-order valence-corrected chi connectivity index (χ3v) is 5.36. The molecule has 1 aliphatic heterocycles. The van der Waals surface area contributed by atoms with Gasteiger partial charge in [-0.3, -0.25) is 15.0 Å². The molecule has 2 aromatic rings. The van der Waals surface area contributed by atoms with Gasteiger partial charge in [-0.2, -0.15) is 0 Å².